The second-order valence-electron chi connectivity index (χ2n) is 7.96. The van der Waals surface area contributed by atoms with Gasteiger partial charge in [-0.2, -0.15) is 5.26 Å². The average Bonchev–Trinajstić information content (AvgIpc) is 3.56. The summed E-state index contributed by atoms with van der Waals surface area (Å²) in [6.07, 6.45) is 1.86. The Balaban J connectivity index is 1.53. The van der Waals surface area contributed by atoms with E-state index in [1.54, 1.807) is 27.3 Å². The maximum absolute atomic E-state index is 12.9. The topological polar surface area (TPSA) is 151 Å². The molecule has 1 aliphatic rings. The summed E-state index contributed by atoms with van der Waals surface area (Å²) >= 11 is 7.32. The highest BCUT2D eigenvalue weighted by atomic mass is 35.5. The molecule has 14 heteroatoms. The molecule has 4 heterocycles. The van der Waals surface area contributed by atoms with Crippen LogP contribution in [0.25, 0.3) is 11.4 Å². The van der Waals surface area contributed by atoms with E-state index in [0.717, 1.165) is 0 Å². The summed E-state index contributed by atoms with van der Waals surface area (Å²) in [6.45, 7) is 2.67. The van der Waals surface area contributed by atoms with Crippen molar-refractivity contribution in [1.82, 2.24) is 30.3 Å². The van der Waals surface area contributed by atoms with E-state index in [2.05, 4.69) is 25.6 Å². The number of hydrogen-bond donors (Lipinski definition) is 2. The maximum Gasteiger partial charge on any atom is 0.350 e. The van der Waals surface area contributed by atoms with Gasteiger partial charge >= 0.3 is 5.97 Å². The molecule has 0 bridgehead atoms. The Bertz CT molecular complexity index is 1310. The van der Waals surface area contributed by atoms with Gasteiger partial charge in [0.05, 0.1) is 30.5 Å². The highest BCUT2D eigenvalue weighted by Gasteiger charge is 2.34. The van der Waals surface area contributed by atoms with Crippen LogP contribution in [0, 0.1) is 18.3 Å². The molecule has 2 N–H and O–H groups in total. The molecule has 35 heavy (non-hydrogen) atoms. The minimum absolute atomic E-state index is 0.114. The lowest BCUT2D eigenvalue weighted by atomic mass is 10.0. The van der Waals surface area contributed by atoms with E-state index in [1.165, 1.54) is 23.1 Å². The normalized spacial score (nSPS) is 17.8. The summed E-state index contributed by atoms with van der Waals surface area (Å²) in [4.78, 5) is 35.1. The Morgan fingerprint density at radius 2 is 2.17 bits per heavy atom. The summed E-state index contributed by atoms with van der Waals surface area (Å²) in [5.41, 5.74) is 1.66. The average molecular weight is 519 g/mol. The number of amides is 1. The number of aromatic nitrogens is 5. The van der Waals surface area contributed by atoms with Gasteiger partial charge in [0.25, 0.3) is 5.91 Å². The number of carbonyl (C=O) groups is 2. The molecule has 2 atom stereocenters. The first-order valence-electron chi connectivity index (χ1n) is 10.6. The van der Waals surface area contributed by atoms with Gasteiger partial charge in [-0.05, 0) is 13.3 Å². The first kappa shape index (κ1) is 24.6. The predicted molar refractivity (Wildman–Crippen MR) is 128 cm³/mol. The van der Waals surface area contributed by atoms with Gasteiger partial charge < -0.3 is 24.7 Å². The summed E-state index contributed by atoms with van der Waals surface area (Å²) in [6, 6.07) is 1.67. The van der Waals surface area contributed by atoms with Crippen LogP contribution in [0.4, 0.5) is 5.13 Å². The van der Waals surface area contributed by atoms with Crippen LogP contribution in [-0.4, -0.2) is 76.3 Å². The minimum Gasteiger partial charge on any atom is -0.465 e. The van der Waals surface area contributed by atoms with Crippen LogP contribution >= 0.6 is 22.9 Å². The molecule has 184 valence electrons. The zero-order valence-electron chi connectivity index (χ0n) is 19.5. The van der Waals surface area contributed by atoms with E-state index in [-0.39, 0.29) is 28.4 Å². The monoisotopic (exact) mass is 518 g/mol. The van der Waals surface area contributed by atoms with Crippen molar-refractivity contribution in [1.29, 1.82) is 5.26 Å². The molecule has 4 rings (SSSR count). The number of piperidine rings is 1. The molecule has 0 aliphatic carbocycles. The molecular weight excluding hydrogens is 496 g/mol. The number of ether oxygens (including phenoxy) is 2. The molecule has 3 aromatic rings. The van der Waals surface area contributed by atoms with Crippen molar-refractivity contribution >= 4 is 39.9 Å². The number of methoxy groups -OCH3 is 2. The lowest BCUT2D eigenvalue weighted by Crippen LogP contribution is -2.55. The maximum atomic E-state index is 12.9. The van der Waals surface area contributed by atoms with Gasteiger partial charge in [0.15, 0.2) is 5.13 Å². The Hall–Kier alpha value is -3.47. The summed E-state index contributed by atoms with van der Waals surface area (Å²) in [7, 11) is 4.61. The van der Waals surface area contributed by atoms with Gasteiger partial charge in [0, 0.05) is 32.9 Å². The molecule has 0 saturated carbocycles. The van der Waals surface area contributed by atoms with Crippen LogP contribution < -0.4 is 10.2 Å². The van der Waals surface area contributed by atoms with Crippen molar-refractivity contribution in [2.24, 2.45) is 7.05 Å². The van der Waals surface area contributed by atoms with E-state index in [9.17, 15) is 14.9 Å². The van der Waals surface area contributed by atoms with E-state index < -0.39 is 11.9 Å². The fourth-order valence-corrected chi connectivity index (χ4v) is 5.13. The van der Waals surface area contributed by atoms with Crippen molar-refractivity contribution in [3.05, 3.63) is 33.0 Å². The second kappa shape index (κ2) is 10.0. The third-order valence-electron chi connectivity index (χ3n) is 5.73. The number of nitrogens with zero attached hydrogens (tertiary/aromatic N) is 6. The van der Waals surface area contributed by atoms with Crippen LogP contribution in [0.5, 0.6) is 0 Å². The summed E-state index contributed by atoms with van der Waals surface area (Å²) in [5.74, 6) is -0.933. The molecule has 12 nitrogen and oxygen atoms in total. The number of nitrogens with one attached hydrogen (secondary N) is 2. The quantitative estimate of drug-likeness (QED) is 0.466. The van der Waals surface area contributed by atoms with E-state index in [1.807, 2.05) is 11.0 Å². The number of aromatic amines is 1. The molecular formula is C21H23ClN8O4S. The predicted octanol–water partition coefficient (Wildman–Crippen LogP) is 1.91. The van der Waals surface area contributed by atoms with Gasteiger partial charge in [-0.15, -0.1) is 5.10 Å². The number of H-pyrrole nitrogens is 1. The first-order valence-corrected chi connectivity index (χ1v) is 11.8. The van der Waals surface area contributed by atoms with E-state index in [0.29, 0.717) is 46.6 Å². The molecule has 0 unspecified atom stereocenters. The molecule has 1 amide bonds. The van der Waals surface area contributed by atoms with Crippen LogP contribution in [0.3, 0.4) is 0 Å². The first-order chi connectivity index (χ1) is 16.8. The third kappa shape index (κ3) is 4.72. The van der Waals surface area contributed by atoms with Crippen LogP contribution in [0.15, 0.2) is 6.20 Å². The number of aryl methyl sites for hydroxylation is 2. The van der Waals surface area contributed by atoms with Crippen LogP contribution in [-0.2, 0) is 16.5 Å². The van der Waals surface area contributed by atoms with E-state index in [4.69, 9.17) is 21.1 Å². The molecule has 1 aliphatic heterocycles. The molecule has 1 fully saturated rings. The Labute approximate surface area is 209 Å². The number of anilines is 1. The van der Waals surface area contributed by atoms with Gasteiger partial charge in [0.2, 0.25) is 0 Å². The molecule has 0 spiro atoms. The lowest BCUT2D eigenvalue weighted by molar-refractivity contribution is 0.0540. The molecule has 1 saturated heterocycles. The zero-order valence-corrected chi connectivity index (χ0v) is 21.0. The van der Waals surface area contributed by atoms with Crippen LogP contribution in [0.2, 0.25) is 5.02 Å². The summed E-state index contributed by atoms with van der Waals surface area (Å²) < 4.78 is 12.1. The Morgan fingerprint density at radius 1 is 1.40 bits per heavy atom. The number of halogens is 1. The largest absolute Gasteiger partial charge is 0.465 e. The van der Waals surface area contributed by atoms with Crippen molar-refractivity contribution in [3.63, 3.8) is 0 Å². The van der Waals surface area contributed by atoms with Gasteiger partial charge in [-0.3, -0.25) is 9.48 Å². The number of hydrogen-bond acceptors (Lipinski definition) is 10. The lowest BCUT2D eigenvalue weighted by Gasteiger charge is -2.37. The standard InChI is InChI=1S/C21H23ClN8O4S/c1-10-15(22)11(7-23)16(24-10)19(31)25-12-5-6-30(9-14(12)33-3)21-26-17(13-8-29(2)28-27-13)18(35-21)20(32)34-4/h8,12,14,24H,5-6,9H2,1-4H3,(H,25,31)/t12-,14+/m1/s1. The smallest absolute Gasteiger partial charge is 0.350 e. The number of esters is 1. The van der Waals surface area contributed by atoms with Crippen molar-refractivity contribution in [2.75, 3.05) is 32.2 Å². The fourth-order valence-electron chi connectivity index (χ4n) is 3.92. The van der Waals surface area contributed by atoms with Crippen molar-refractivity contribution < 1.29 is 19.1 Å². The summed E-state index contributed by atoms with van der Waals surface area (Å²) in [5, 5.41) is 21.2. The third-order valence-corrected chi connectivity index (χ3v) is 7.30. The zero-order chi connectivity index (χ0) is 25.3. The number of thiazole rings is 1. The highest BCUT2D eigenvalue weighted by Crippen LogP contribution is 2.34. The van der Waals surface area contributed by atoms with Gasteiger partial charge in [-0.25, -0.2) is 9.78 Å². The minimum atomic E-state index is -0.506. The van der Waals surface area contributed by atoms with Gasteiger partial charge in [0.1, 0.15) is 33.6 Å². The van der Waals surface area contributed by atoms with Gasteiger partial charge in [-0.1, -0.05) is 28.2 Å². The molecule has 3 aromatic heterocycles. The SMILES string of the molecule is COC(=O)c1sc(N2CC[C@@H](NC(=O)c3[nH]c(C)c(Cl)c3C#N)[C@@H](OC)C2)nc1-c1cn(C)nn1. The molecule has 0 radical (unpaired) electrons. The van der Waals surface area contributed by atoms with Crippen molar-refractivity contribution in [3.8, 4) is 17.5 Å². The van der Waals surface area contributed by atoms with Crippen molar-refractivity contribution in [2.45, 2.75) is 25.5 Å². The highest BCUT2D eigenvalue weighted by molar-refractivity contribution is 7.17. The van der Waals surface area contributed by atoms with E-state index >= 15 is 0 Å². The Kier molecular flexibility index (Phi) is 7.06. The second-order valence-corrected chi connectivity index (χ2v) is 9.31. The number of nitriles is 1. The molecule has 0 aromatic carbocycles. The number of carbonyl (C=O) groups excluding carboxylic acids is 2. The van der Waals surface area contributed by atoms with Crippen LogP contribution in [0.1, 0.15) is 37.8 Å². The Morgan fingerprint density at radius 3 is 2.80 bits per heavy atom. The fraction of sp³-hybridized carbons (Fsp3) is 0.429. The number of rotatable bonds is 6.